The van der Waals surface area contributed by atoms with Gasteiger partial charge in [0.2, 0.25) is 0 Å². The lowest BCUT2D eigenvalue weighted by Gasteiger charge is -1.89. The van der Waals surface area contributed by atoms with Crippen molar-refractivity contribution in [2.24, 2.45) is 0 Å². The van der Waals surface area contributed by atoms with Crippen LogP contribution in [0.2, 0.25) is 0 Å². The van der Waals surface area contributed by atoms with Crippen molar-refractivity contribution in [3.05, 3.63) is 5.75 Å². The van der Waals surface area contributed by atoms with E-state index in [1.54, 1.807) is 0 Å². The van der Waals surface area contributed by atoms with Gasteiger partial charge in [-0.15, -0.1) is 0 Å². The molecular weight excluding hydrogens is 112 g/mol. The number of rotatable bonds is 0. The molecule has 1 heterocycles. The van der Waals surface area contributed by atoms with Crippen molar-refractivity contribution in [2.75, 3.05) is 6.61 Å². The molecule has 0 aromatic heterocycles. The highest BCUT2D eigenvalue weighted by atomic mass is 32.2. The van der Waals surface area contributed by atoms with Gasteiger partial charge < -0.3 is 0 Å². The Hall–Kier alpha value is 0.270. The van der Waals surface area contributed by atoms with Crippen molar-refractivity contribution >= 4 is 12.0 Å². The molecule has 1 aliphatic heterocycles. The van der Waals surface area contributed by atoms with Crippen molar-refractivity contribution in [3.63, 3.8) is 0 Å². The fourth-order valence-corrected chi connectivity index (χ4v) is 0.805. The standard InChI is InChI=1S/C4H7O2S/c1-2-4-7-6-5-3-1/h4H,1-3H2. The topological polar surface area (TPSA) is 18.5 Å². The van der Waals surface area contributed by atoms with Gasteiger partial charge in [-0.2, -0.15) is 4.33 Å². The van der Waals surface area contributed by atoms with E-state index in [4.69, 9.17) is 0 Å². The van der Waals surface area contributed by atoms with Crippen molar-refractivity contribution in [3.8, 4) is 0 Å². The molecule has 3 heteroatoms. The van der Waals surface area contributed by atoms with Crippen LogP contribution in [0.3, 0.4) is 0 Å². The van der Waals surface area contributed by atoms with Crippen LogP contribution in [-0.2, 0) is 9.22 Å². The highest BCUT2D eigenvalue weighted by molar-refractivity contribution is 7.96. The second-order valence-corrected chi connectivity index (χ2v) is 1.96. The summed E-state index contributed by atoms with van der Waals surface area (Å²) < 4.78 is 4.56. The van der Waals surface area contributed by atoms with Crippen molar-refractivity contribution in [1.29, 1.82) is 0 Å². The van der Waals surface area contributed by atoms with Crippen LogP contribution in [0.15, 0.2) is 0 Å². The molecule has 0 aromatic carbocycles. The van der Waals surface area contributed by atoms with E-state index in [2.05, 4.69) is 9.22 Å². The molecule has 0 amide bonds. The molecule has 1 rings (SSSR count). The highest BCUT2D eigenvalue weighted by Crippen LogP contribution is 2.16. The SMILES string of the molecule is [CH]1CCCOOS1. The van der Waals surface area contributed by atoms with Gasteiger partial charge >= 0.3 is 0 Å². The van der Waals surface area contributed by atoms with E-state index < -0.39 is 0 Å². The Morgan fingerprint density at radius 3 is 3.57 bits per heavy atom. The van der Waals surface area contributed by atoms with Gasteiger partial charge in [0.05, 0.1) is 6.61 Å². The average Bonchev–Trinajstić information content (AvgIpc) is 1.90. The molecule has 0 aliphatic carbocycles. The zero-order valence-electron chi connectivity index (χ0n) is 3.92. The van der Waals surface area contributed by atoms with Crippen LogP contribution < -0.4 is 0 Å². The molecule has 0 unspecified atom stereocenters. The second-order valence-electron chi connectivity index (χ2n) is 1.30. The third kappa shape index (κ3) is 2.16. The number of hydrogen-bond acceptors (Lipinski definition) is 3. The van der Waals surface area contributed by atoms with E-state index in [-0.39, 0.29) is 0 Å². The fraction of sp³-hybridized carbons (Fsp3) is 0.750. The Morgan fingerprint density at radius 2 is 2.57 bits per heavy atom. The molecule has 1 aliphatic rings. The Morgan fingerprint density at radius 1 is 1.57 bits per heavy atom. The largest absolute Gasteiger partial charge is 0.224 e. The van der Waals surface area contributed by atoms with E-state index >= 15 is 0 Å². The van der Waals surface area contributed by atoms with Gasteiger partial charge in [-0.25, -0.2) is 4.89 Å². The molecule has 0 N–H and O–H groups in total. The summed E-state index contributed by atoms with van der Waals surface area (Å²) in [5.41, 5.74) is 0. The van der Waals surface area contributed by atoms with Crippen LogP contribution >= 0.6 is 12.0 Å². The molecule has 0 aromatic rings. The maximum atomic E-state index is 4.63. The predicted molar refractivity (Wildman–Crippen MR) is 28.2 cm³/mol. The van der Waals surface area contributed by atoms with Crippen LogP contribution in [0, 0.1) is 5.75 Å². The highest BCUT2D eigenvalue weighted by Gasteiger charge is 1.97. The summed E-state index contributed by atoms with van der Waals surface area (Å²) in [5.74, 6) is 1.99. The van der Waals surface area contributed by atoms with E-state index in [0.29, 0.717) is 0 Å². The average molecular weight is 119 g/mol. The fourth-order valence-electron chi connectivity index (χ4n) is 0.363. The van der Waals surface area contributed by atoms with Crippen molar-refractivity contribution in [1.82, 2.24) is 0 Å². The van der Waals surface area contributed by atoms with Crippen LogP contribution in [0.5, 0.6) is 0 Å². The predicted octanol–water partition coefficient (Wildman–Crippen LogP) is 1.54. The summed E-state index contributed by atoms with van der Waals surface area (Å²) >= 11 is 1.27. The first-order valence-electron chi connectivity index (χ1n) is 2.27. The lowest BCUT2D eigenvalue weighted by atomic mass is 10.4. The lowest BCUT2D eigenvalue weighted by Crippen LogP contribution is -1.84. The quantitative estimate of drug-likeness (QED) is 0.356. The third-order valence-electron chi connectivity index (χ3n) is 0.705. The van der Waals surface area contributed by atoms with Gasteiger partial charge in [-0.1, -0.05) is 0 Å². The zero-order chi connectivity index (χ0) is 4.95. The maximum absolute atomic E-state index is 4.63. The summed E-state index contributed by atoms with van der Waals surface area (Å²) in [6.07, 6.45) is 2.16. The molecule has 0 atom stereocenters. The summed E-state index contributed by atoms with van der Waals surface area (Å²) in [6, 6.07) is 0. The molecule has 1 fully saturated rings. The van der Waals surface area contributed by atoms with Crippen molar-refractivity contribution < 1.29 is 9.22 Å². The minimum Gasteiger partial charge on any atom is -0.224 e. The molecule has 1 saturated heterocycles. The molecule has 1 radical (unpaired) electrons. The zero-order valence-corrected chi connectivity index (χ0v) is 4.74. The van der Waals surface area contributed by atoms with Gasteiger partial charge in [0.25, 0.3) is 0 Å². The van der Waals surface area contributed by atoms with Crippen LogP contribution in [-0.4, -0.2) is 6.61 Å². The van der Waals surface area contributed by atoms with Crippen LogP contribution in [0.1, 0.15) is 12.8 Å². The molecule has 0 spiro atoms. The first-order chi connectivity index (χ1) is 3.50. The summed E-state index contributed by atoms with van der Waals surface area (Å²) in [4.78, 5) is 4.63. The van der Waals surface area contributed by atoms with E-state index in [9.17, 15) is 0 Å². The molecule has 41 valence electrons. The maximum Gasteiger partial charge on any atom is 0.0835 e. The van der Waals surface area contributed by atoms with Gasteiger partial charge in [0.1, 0.15) is 0 Å². The number of hydrogen-bond donors (Lipinski definition) is 0. The Labute approximate surface area is 47.3 Å². The molecular formula is C4H7O2S. The van der Waals surface area contributed by atoms with Crippen LogP contribution in [0.4, 0.5) is 0 Å². The van der Waals surface area contributed by atoms with Crippen molar-refractivity contribution in [2.45, 2.75) is 12.8 Å². The smallest absolute Gasteiger partial charge is 0.0835 e. The summed E-state index contributed by atoms with van der Waals surface area (Å²) in [6.45, 7) is 0.726. The molecule has 2 nitrogen and oxygen atoms in total. The molecule has 0 bridgehead atoms. The molecule has 0 saturated carbocycles. The summed E-state index contributed by atoms with van der Waals surface area (Å²) in [7, 11) is 0. The van der Waals surface area contributed by atoms with Gasteiger partial charge in [-0.05, 0) is 12.8 Å². The Kier molecular flexibility index (Phi) is 2.55. The summed E-state index contributed by atoms with van der Waals surface area (Å²) in [5, 5.41) is 0. The first-order valence-corrected chi connectivity index (χ1v) is 3.07. The lowest BCUT2D eigenvalue weighted by molar-refractivity contribution is -0.188. The van der Waals surface area contributed by atoms with Gasteiger partial charge in [0, 0.05) is 17.8 Å². The minimum absolute atomic E-state index is 0.726. The minimum atomic E-state index is 0.726. The van der Waals surface area contributed by atoms with Crippen LogP contribution in [0.25, 0.3) is 0 Å². The first kappa shape index (κ1) is 5.41. The monoisotopic (exact) mass is 119 g/mol. The Balaban J connectivity index is 2.04. The van der Waals surface area contributed by atoms with E-state index in [0.717, 1.165) is 19.4 Å². The third-order valence-corrected chi connectivity index (χ3v) is 1.25. The Bertz CT molecular complexity index is 29.3. The van der Waals surface area contributed by atoms with Gasteiger partial charge in [0.15, 0.2) is 0 Å². The second kappa shape index (κ2) is 3.29. The normalized spacial score (nSPS) is 24.0. The van der Waals surface area contributed by atoms with E-state index in [1.807, 2.05) is 5.75 Å². The van der Waals surface area contributed by atoms with E-state index in [1.165, 1.54) is 12.0 Å². The van der Waals surface area contributed by atoms with Gasteiger partial charge in [-0.3, -0.25) is 0 Å². The molecule has 7 heavy (non-hydrogen) atoms.